The summed E-state index contributed by atoms with van der Waals surface area (Å²) in [4.78, 5) is 54.9. The summed E-state index contributed by atoms with van der Waals surface area (Å²) in [6, 6.07) is 8.97. The predicted molar refractivity (Wildman–Crippen MR) is 164 cm³/mol. The fourth-order valence-corrected chi connectivity index (χ4v) is 4.83. The van der Waals surface area contributed by atoms with Crippen LogP contribution in [0, 0.1) is 0 Å². The van der Waals surface area contributed by atoms with E-state index >= 15 is 0 Å². The zero-order chi connectivity index (χ0) is 30.9. The Balaban J connectivity index is 1.46. The highest BCUT2D eigenvalue weighted by molar-refractivity contribution is 5.83. The zero-order valence-corrected chi connectivity index (χ0v) is 25.6. The number of carbonyl (C=O) groups excluding carboxylic acids is 3. The lowest BCUT2D eigenvalue weighted by Gasteiger charge is -2.19. The van der Waals surface area contributed by atoms with Gasteiger partial charge in [0.05, 0.1) is 17.1 Å². The van der Waals surface area contributed by atoms with Gasteiger partial charge in [0.2, 0.25) is 5.91 Å². The minimum Gasteiger partial charge on any atom is -0.444 e. The molecule has 0 spiro atoms. The molecule has 0 bridgehead atoms. The van der Waals surface area contributed by atoms with Gasteiger partial charge in [-0.2, -0.15) is 0 Å². The first-order chi connectivity index (χ1) is 19.9. The molecule has 3 rings (SSSR count). The normalized spacial score (nSPS) is 12.4. The second kappa shape index (κ2) is 14.8. The molecule has 0 aliphatic heterocycles. The quantitative estimate of drug-likeness (QED) is 0.216. The molecule has 1 atom stereocenters. The van der Waals surface area contributed by atoms with E-state index in [-0.39, 0.29) is 24.4 Å². The number of aldehydes is 1. The molecular weight excluding hydrogens is 536 g/mol. The van der Waals surface area contributed by atoms with E-state index in [1.54, 1.807) is 30.9 Å². The Morgan fingerprint density at radius 3 is 2.48 bits per heavy atom. The molecule has 3 aromatic rings. The van der Waals surface area contributed by atoms with E-state index in [0.29, 0.717) is 11.3 Å². The number of rotatable bonds is 14. The molecule has 0 fully saturated rings. The highest BCUT2D eigenvalue weighted by Gasteiger charge is 2.20. The summed E-state index contributed by atoms with van der Waals surface area (Å²) >= 11 is 0. The number of aromatic nitrogens is 3. The molecule has 2 N–H and O–H groups in total. The number of ether oxygens (including phenoxy) is 1. The average molecular weight is 581 g/mol. The molecule has 42 heavy (non-hydrogen) atoms. The maximum absolute atomic E-state index is 12.9. The van der Waals surface area contributed by atoms with Crippen molar-refractivity contribution in [2.24, 2.45) is 7.05 Å². The molecule has 2 amide bonds. The minimum atomic E-state index is -0.691. The zero-order valence-electron chi connectivity index (χ0n) is 25.6. The van der Waals surface area contributed by atoms with Crippen molar-refractivity contribution < 1.29 is 19.1 Å². The summed E-state index contributed by atoms with van der Waals surface area (Å²) in [6.07, 6.45) is 6.44. The molecule has 1 aromatic carbocycles. The van der Waals surface area contributed by atoms with Crippen LogP contribution in [-0.4, -0.2) is 63.5 Å². The van der Waals surface area contributed by atoms with Crippen molar-refractivity contribution in [1.29, 1.82) is 0 Å². The Labute approximate surface area is 247 Å². The summed E-state index contributed by atoms with van der Waals surface area (Å²) in [5.74, 6) is 0.291. The fourth-order valence-electron chi connectivity index (χ4n) is 4.83. The van der Waals surface area contributed by atoms with Crippen LogP contribution in [0.25, 0.3) is 11.0 Å². The average Bonchev–Trinajstić information content (AvgIpc) is 3.18. The molecule has 0 radical (unpaired) electrons. The van der Waals surface area contributed by atoms with Gasteiger partial charge in [-0.3, -0.25) is 19.2 Å². The third kappa shape index (κ3) is 9.27. The van der Waals surface area contributed by atoms with Gasteiger partial charge in [0.25, 0.3) is 0 Å². The lowest BCUT2D eigenvalue weighted by molar-refractivity contribution is -0.121. The maximum atomic E-state index is 12.9. The molecule has 11 nitrogen and oxygen atoms in total. The number of pyridine rings is 1. The highest BCUT2D eigenvalue weighted by Crippen LogP contribution is 2.21. The van der Waals surface area contributed by atoms with Gasteiger partial charge >= 0.3 is 11.8 Å². The van der Waals surface area contributed by atoms with Crippen molar-refractivity contribution in [3.05, 3.63) is 58.1 Å². The Bertz CT molecular complexity index is 1420. The van der Waals surface area contributed by atoms with Crippen LogP contribution in [0.3, 0.4) is 0 Å². The second-order valence-corrected chi connectivity index (χ2v) is 11.7. The first-order valence-electron chi connectivity index (χ1n) is 14.4. The van der Waals surface area contributed by atoms with E-state index in [9.17, 15) is 19.2 Å². The molecular formula is C31H44N6O5. The summed E-state index contributed by atoms with van der Waals surface area (Å²) in [5.41, 5.74) is 2.86. The number of hydrogen-bond acceptors (Lipinski definition) is 7. The van der Waals surface area contributed by atoms with E-state index in [0.717, 1.165) is 61.7 Å². The third-order valence-electron chi connectivity index (χ3n) is 7.00. The number of carbonyl (C=O) groups is 3. The van der Waals surface area contributed by atoms with Crippen LogP contribution in [-0.2, 0) is 34.3 Å². The molecule has 11 heteroatoms. The van der Waals surface area contributed by atoms with Gasteiger partial charge < -0.3 is 19.7 Å². The third-order valence-corrected chi connectivity index (χ3v) is 7.00. The molecule has 2 heterocycles. The second-order valence-electron chi connectivity index (χ2n) is 11.7. The Kier molecular flexibility index (Phi) is 11.4. The summed E-state index contributed by atoms with van der Waals surface area (Å²) in [7, 11) is 5.34. The van der Waals surface area contributed by atoms with Crippen molar-refractivity contribution in [1.82, 2.24) is 24.3 Å². The Hall–Kier alpha value is -3.99. The van der Waals surface area contributed by atoms with Gasteiger partial charge in [-0.1, -0.05) is 18.6 Å². The van der Waals surface area contributed by atoms with Crippen LogP contribution in [0.5, 0.6) is 0 Å². The largest absolute Gasteiger partial charge is 0.444 e. The smallest absolute Gasteiger partial charge is 0.413 e. The van der Waals surface area contributed by atoms with E-state index in [4.69, 9.17) is 4.74 Å². The number of benzene rings is 1. The van der Waals surface area contributed by atoms with E-state index in [1.807, 2.05) is 45.0 Å². The number of amides is 2. The molecule has 0 aliphatic carbocycles. The van der Waals surface area contributed by atoms with Crippen LogP contribution in [0.15, 0.2) is 41.3 Å². The summed E-state index contributed by atoms with van der Waals surface area (Å²) in [6.45, 7) is 7.14. The molecule has 0 saturated heterocycles. The van der Waals surface area contributed by atoms with Crippen molar-refractivity contribution >= 4 is 35.1 Å². The fraction of sp³-hybridized carbons (Fsp3) is 0.516. The summed E-state index contributed by atoms with van der Waals surface area (Å²) in [5, 5.41) is 5.19. The van der Waals surface area contributed by atoms with Gasteiger partial charge in [-0.05, 0) is 89.4 Å². The van der Waals surface area contributed by atoms with Gasteiger partial charge in [0.1, 0.15) is 17.7 Å². The van der Waals surface area contributed by atoms with Gasteiger partial charge in [0.15, 0.2) is 0 Å². The number of fused-ring (bicyclic) bond motifs is 1. The Morgan fingerprint density at radius 2 is 1.83 bits per heavy atom. The monoisotopic (exact) mass is 580 g/mol. The van der Waals surface area contributed by atoms with Crippen LogP contribution in [0.2, 0.25) is 0 Å². The first-order valence-corrected chi connectivity index (χ1v) is 14.4. The Morgan fingerprint density at radius 1 is 1.10 bits per heavy atom. The number of anilines is 1. The van der Waals surface area contributed by atoms with Crippen LogP contribution in [0.1, 0.15) is 70.0 Å². The molecule has 228 valence electrons. The number of imidazole rings is 1. The van der Waals surface area contributed by atoms with E-state index in [2.05, 4.69) is 27.6 Å². The van der Waals surface area contributed by atoms with Crippen molar-refractivity contribution in [3.63, 3.8) is 0 Å². The number of nitrogens with one attached hydrogen (secondary N) is 2. The maximum Gasteiger partial charge on any atom is 0.413 e. The van der Waals surface area contributed by atoms with Crippen LogP contribution in [0.4, 0.5) is 10.6 Å². The van der Waals surface area contributed by atoms with Crippen LogP contribution >= 0.6 is 0 Å². The lowest BCUT2D eigenvalue weighted by Crippen LogP contribution is -2.28. The standard InChI is InChI=1S/C31H44N6O5/c1-31(2,3)42-29(40)34-27-15-12-23(19-33-27)20-35(5)17-9-7-8-10-22-11-14-25-26(18-22)36(6)30(41)37(25)24(21-38)13-16-28(39)32-4/h11-12,14-15,18-19,21,24H,7-10,13,16-17,20H2,1-6H3,(H,32,39)(H,33,34,40). The van der Waals surface area contributed by atoms with Crippen LogP contribution < -0.4 is 16.3 Å². The topological polar surface area (TPSA) is 128 Å². The van der Waals surface area contributed by atoms with Crippen molar-refractivity contribution in [2.45, 2.75) is 77.5 Å². The summed E-state index contributed by atoms with van der Waals surface area (Å²) < 4.78 is 8.31. The first kappa shape index (κ1) is 32.5. The number of aryl methyl sites for hydroxylation is 2. The van der Waals surface area contributed by atoms with Crippen molar-refractivity contribution in [3.8, 4) is 0 Å². The highest BCUT2D eigenvalue weighted by atomic mass is 16.6. The lowest BCUT2D eigenvalue weighted by atomic mass is 10.1. The number of unbranched alkanes of at least 4 members (excludes halogenated alkanes) is 2. The molecule has 1 unspecified atom stereocenters. The molecule has 2 aromatic heterocycles. The van der Waals surface area contributed by atoms with Gasteiger partial charge in [0, 0.05) is 33.3 Å². The number of nitrogens with zero attached hydrogens (tertiary/aromatic N) is 4. The number of hydrogen-bond donors (Lipinski definition) is 2. The molecule has 0 aliphatic rings. The predicted octanol–water partition coefficient (Wildman–Crippen LogP) is 4.19. The van der Waals surface area contributed by atoms with E-state index in [1.165, 1.54) is 4.57 Å². The van der Waals surface area contributed by atoms with Crippen molar-refractivity contribution in [2.75, 3.05) is 26.0 Å². The van der Waals surface area contributed by atoms with Gasteiger partial charge in [-0.25, -0.2) is 14.6 Å². The minimum absolute atomic E-state index is 0.163. The van der Waals surface area contributed by atoms with E-state index < -0.39 is 17.7 Å². The van der Waals surface area contributed by atoms with Gasteiger partial charge in [-0.15, -0.1) is 0 Å². The SMILES string of the molecule is CNC(=O)CCC(C=O)n1c(=O)n(C)c2cc(CCCCCN(C)Cc3ccc(NC(=O)OC(C)(C)C)nc3)ccc21. The molecule has 0 saturated carbocycles.